The van der Waals surface area contributed by atoms with Crippen molar-refractivity contribution in [1.82, 2.24) is 10.2 Å². The molecule has 1 aliphatic heterocycles. The Bertz CT molecular complexity index is 515. The van der Waals surface area contributed by atoms with Crippen molar-refractivity contribution in [2.75, 3.05) is 64.9 Å². The molecule has 0 radical (unpaired) electrons. The zero-order valence-corrected chi connectivity index (χ0v) is 16.0. The number of ether oxygens (including phenoxy) is 1. The maximum Gasteiger partial charge on any atom is 0.169 e. The fraction of sp³-hybridized carbons (Fsp3) is 0.611. The van der Waals surface area contributed by atoms with Gasteiger partial charge in [-0.1, -0.05) is 12.1 Å². The summed E-state index contributed by atoms with van der Waals surface area (Å²) in [6.45, 7) is 8.67. The van der Waals surface area contributed by atoms with Crippen LogP contribution < -0.4 is 19.9 Å². The molecule has 1 aromatic rings. The van der Waals surface area contributed by atoms with E-state index in [1.807, 2.05) is 19.1 Å². The minimum absolute atomic E-state index is 0.694. The molecule has 2 N–H and O–H groups in total. The highest BCUT2D eigenvalue weighted by Crippen LogP contribution is 2.28. The molecular weight excluding hydrogens is 320 g/mol. The lowest BCUT2D eigenvalue weighted by Crippen LogP contribution is -3.05. The zero-order valence-electron chi connectivity index (χ0n) is 15.2. The average molecular weight is 352 g/mol. The summed E-state index contributed by atoms with van der Waals surface area (Å²) < 4.78 is 5.75. The van der Waals surface area contributed by atoms with E-state index < -0.39 is 0 Å². The Morgan fingerprint density at radius 2 is 1.92 bits per heavy atom. The van der Waals surface area contributed by atoms with Gasteiger partial charge >= 0.3 is 0 Å². The van der Waals surface area contributed by atoms with Crippen molar-refractivity contribution in [1.29, 1.82) is 0 Å². The predicted octanol–water partition coefficient (Wildman–Crippen LogP) is 0.616. The van der Waals surface area contributed by atoms with E-state index in [0.29, 0.717) is 6.61 Å². The number of piperazine rings is 1. The monoisotopic (exact) mass is 351 g/mol. The SMILES string of the molecule is CCOc1ccccc1N1CCN(C(=S)NCCC[NH+](C)C)CC1. The largest absolute Gasteiger partial charge is 0.492 e. The maximum atomic E-state index is 5.75. The number of rotatable bonds is 7. The number of nitrogens with zero attached hydrogens (tertiary/aromatic N) is 2. The molecule has 1 fully saturated rings. The second kappa shape index (κ2) is 9.69. The Balaban J connectivity index is 1.80. The van der Waals surface area contributed by atoms with Crippen molar-refractivity contribution in [3.05, 3.63) is 24.3 Å². The van der Waals surface area contributed by atoms with Gasteiger partial charge in [-0.15, -0.1) is 0 Å². The van der Waals surface area contributed by atoms with Gasteiger partial charge in [0.15, 0.2) is 5.11 Å². The lowest BCUT2D eigenvalue weighted by atomic mass is 10.2. The van der Waals surface area contributed by atoms with E-state index in [4.69, 9.17) is 17.0 Å². The topological polar surface area (TPSA) is 32.2 Å². The quantitative estimate of drug-likeness (QED) is 0.556. The first-order valence-electron chi connectivity index (χ1n) is 8.90. The second-order valence-electron chi connectivity index (χ2n) is 6.42. The van der Waals surface area contributed by atoms with Crippen LogP contribution in [-0.4, -0.2) is 70.0 Å². The van der Waals surface area contributed by atoms with Gasteiger partial charge in [0.05, 0.1) is 32.9 Å². The molecule has 134 valence electrons. The first kappa shape index (κ1) is 18.8. The van der Waals surface area contributed by atoms with Gasteiger partial charge in [0, 0.05) is 39.1 Å². The Morgan fingerprint density at radius 3 is 2.58 bits per heavy atom. The Hall–Kier alpha value is -1.53. The number of hydrogen-bond donors (Lipinski definition) is 2. The molecule has 0 aromatic heterocycles. The first-order valence-corrected chi connectivity index (χ1v) is 9.31. The third kappa shape index (κ3) is 5.53. The minimum atomic E-state index is 0.694. The summed E-state index contributed by atoms with van der Waals surface area (Å²) in [5, 5.41) is 4.29. The van der Waals surface area contributed by atoms with Crippen LogP contribution in [0.3, 0.4) is 0 Å². The van der Waals surface area contributed by atoms with Crippen LogP contribution in [0.1, 0.15) is 13.3 Å². The minimum Gasteiger partial charge on any atom is -0.492 e. The fourth-order valence-corrected chi connectivity index (χ4v) is 3.18. The van der Waals surface area contributed by atoms with Crippen molar-refractivity contribution in [3.63, 3.8) is 0 Å². The number of para-hydroxylation sites is 2. The highest BCUT2D eigenvalue weighted by Gasteiger charge is 2.21. The van der Waals surface area contributed by atoms with Crippen LogP contribution in [0.25, 0.3) is 0 Å². The van der Waals surface area contributed by atoms with Crippen molar-refractivity contribution in [2.24, 2.45) is 0 Å². The van der Waals surface area contributed by atoms with Gasteiger partial charge in [0.25, 0.3) is 0 Å². The first-order chi connectivity index (χ1) is 11.6. The number of nitrogens with one attached hydrogen (secondary N) is 2. The van der Waals surface area contributed by atoms with Crippen LogP contribution in [0, 0.1) is 0 Å². The zero-order chi connectivity index (χ0) is 17.4. The van der Waals surface area contributed by atoms with E-state index in [2.05, 4.69) is 41.3 Å². The van der Waals surface area contributed by atoms with Crippen molar-refractivity contribution < 1.29 is 9.64 Å². The van der Waals surface area contributed by atoms with Gasteiger partial charge in [-0.3, -0.25) is 0 Å². The molecule has 0 amide bonds. The highest BCUT2D eigenvalue weighted by atomic mass is 32.1. The molecule has 1 aliphatic rings. The summed E-state index contributed by atoms with van der Waals surface area (Å²) in [6.07, 6.45) is 1.14. The molecule has 0 bridgehead atoms. The molecule has 1 aromatic carbocycles. The molecule has 1 heterocycles. The second-order valence-corrected chi connectivity index (χ2v) is 6.80. The standard InChI is InChI=1S/C18H30N4OS/c1-4-23-17-9-6-5-8-16(17)21-12-14-22(15-13-21)18(24)19-10-7-11-20(2)3/h5-6,8-9H,4,7,10-15H2,1-3H3,(H,19,24)/p+1. The molecule has 0 spiro atoms. The van der Waals surface area contributed by atoms with Crippen LogP contribution in [0.4, 0.5) is 5.69 Å². The fourth-order valence-electron chi connectivity index (χ4n) is 2.90. The van der Waals surface area contributed by atoms with Crippen molar-refractivity contribution in [3.8, 4) is 5.75 Å². The van der Waals surface area contributed by atoms with E-state index in [0.717, 1.165) is 56.6 Å². The number of anilines is 1. The van der Waals surface area contributed by atoms with Crippen molar-refractivity contribution >= 4 is 23.0 Å². The van der Waals surface area contributed by atoms with Gasteiger partial charge in [0.2, 0.25) is 0 Å². The Morgan fingerprint density at radius 1 is 1.21 bits per heavy atom. The lowest BCUT2D eigenvalue weighted by Gasteiger charge is -2.38. The number of benzene rings is 1. The summed E-state index contributed by atoms with van der Waals surface area (Å²) >= 11 is 5.54. The van der Waals surface area contributed by atoms with Crippen LogP contribution in [0.15, 0.2) is 24.3 Å². The maximum absolute atomic E-state index is 5.75. The summed E-state index contributed by atoms with van der Waals surface area (Å²) in [7, 11) is 4.36. The van der Waals surface area contributed by atoms with Crippen LogP contribution in [0.5, 0.6) is 5.75 Å². The molecule has 0 aliphatic carbocycles. The molecule has 24 heavy (non-hydrogen) atoms. The van der Waals surface area contributed by atoms with Crippen molar-refractivity contribution in [2.45, 2.75) is 13.3 Å². The van der Waals surface area contributed by atoms with Crippen LogP contribution in [0.2, 0.25) is 0 Å². The molecule has 6 heteroatoms. The van der Waals surface area contributed by atoms with Crippen LogP contribution in [-0.2, 0) is 0 Å². The molecular formula is C18H31N4OS+. The van der Waals surface area contributed by atoms with Gasteiger partial charge in [0.1, 0.15) is 5.75 Å². The van der Waals surface area contributed by atoms with E-state index in [1.54, 1.807) is 0 Å². The van der Waals surface area contributed by atoms with E-state index in [9.17, 15) is 0 Å². The highest BCUT2D eigenvalue weighted by molar-refractivity contribution is 7.80. The molecule has 0 atom stereocenters. The third-order valence-corrected chi connectivity index (χ3v) is 4.60. The number of thiocarbonyl (C=S) groups is 1. The van der Waals surface area contributed by atoms with E-state index in [1.165, 1.54) is 10.6 Å². The van der Waals surface area contributed by atoms with Gasteiger partial charge in [-0.2, -0.15) is 0 Å². The Labute approximate surface area is 151 Å². The summed E-state index contributed by atoms with van der Waals surface area (Å²) in [5.74, 6) is 0.973. The number of quaternary nitrogens is 1. The summed E-state index contributed by atoms with van der Waals surface area (Å²) in [5.41, 5.74) is 1.19. The van der Waals surface area contributed by atoms with Gasteiger partial charge in [-0.05, 0) is 31.3 Å². The molecule has 0 saturated carbocycles. The Kier molecular flexibility index (Phi) is 7.59. The van der Waals surface area contributed by atoms with Crippen LogP contribution >= 0.6 is 12.2 Å². The summed E-state index contributed by atoms with van der Waals surface area (Å²) in [6, 6.07) is 8.29. The van der Waals surface area contributed by atoms with Gasteiger partial charge < -0.3 is 24.8 Å². The molecule has 1 saturated heterocycles. The normalized spacial score (nSPS) is 14.8. The summed E-state index contributed by atoms with van der Waals surface area (Å²) in [4.78, 5) is 6.14. The van der Waals surface area contributed by atoms with E-state index >= 15 is 0 Å². The molecule has 0 unspecified atom stereocenters. The number of hydrogen-bond acceptors (Lipinski definition) is 3. The lowest BCUT2D eigenvalue weighted by molar-refractivity contribution is -0.858. The predicted molar refractivity (Wildman–Crippen MR) is 104 cm³/mol. The molecule has 2 rings (SSSR count). The smallest absolute Gasteiger partial charge is 0.169 e. The average Bonchev–Trinajstić information content (AvgIpc) is 2.59. The third-order valence-electron chi connectivity index (χ3n) is 4.20. The molecule has 5 nitrogen and oxygen atoms in total. The van der Waals surface area contributed by atoms with E-state index in [-0.39, 0.29) is 0 Å². The van der Waals surface area contributed by atoms with Gasteiger partial charge in [-0.25, -0.2) is 0 Å².